The highest BCUT2D eigenvalue weighted by Crippen LogP contribution is 2.30. The first-order valence-corrected chi connectivity index (χ1v) is 10.2. The molecule has 0 radical (unpaired) electrons. The number of benzene rings is 2. The van der Waals surface area contributed by atoms with Crippen LogP contribution in [0.25, 0.3) is 11.0 Å². The molecule has 1 atom stereocenters. The van der Waals surface area contributed by atoms with Gasteiger partial charge in [-0.2, -0.15) is 0 Å². The van der Waals surface area contributed by atoms with E-state index < -0.39 is 15.1 Å². The number of likely N-dealkylation sites (tertiary alicyclic amines) is 1. The summed E-state index contributed by atoms with van der Waals surface area (Å²) in [4.78, 5) is 14.6. The number of hydrogen-bond acceptors (Lipinski definition) is 5. The van der Waals surface area contributed by atoms with Gasteiger partial charge in [0, 0.05) is 18.5 Å². The second-order valence-electron chi connectivity index (χ2n) is 6.51. The van der Waals surface area contributed by atoms with Gasteiger partial charge in [0.05, 0.1) is 17.3 Å². The third-order valence-corrected chi connectivity index (χ3v) is 7.07. The molecule has 140 valence electrons. The lowest BCUT2D eigenvalue weighted by atomic mass is 10.2. The average molecular weight is 385 g/mol. The lowest BCUT2D eigenvalue weighted by molar-refractivity contribution is 0.0764. The maximum absolute atomic E-state index is 12.8. The molecule has 1 aliphatic rings. The zero-order valence-electron chi connectivity index (χ0n) is 14.8. The summed E-state index contributed by atoms with van der Waals surface area (Å²) in [5.41, 5.74) is 0.510. The van der Waals surface area contributed by atoms with Gasteiger partial charge in [0.15, 0.2) is 26.9 Å². The standard InChI is InChI=1S/C20H19NO5S/c1-25-17-9-5-6-14-12-18(26-19(14)17)20(22)21-11-10-16(13-21)27(23,24)15-7-3-2-4-8-15/h2-9,12,16H,10-11,13H2,1H3/t16-/m0/s1. The summed E-state index contributed by atoms with van der Waals surface area (Å²) in [5, 5.41) is 0.160. The van der Waals surface area contributed by atoms with Gasteiger partial charge in [-0.3, -0.25) is 4.79 Å². The summed E-state index contributed by atoms with van der Waals surface area (Å²) in [5.74, 6) is 0.434. The van der Waals surface area contributed by atoms with Crippen LogP contribution in [0.4, 0.5) is 0 Å². The van der Waals surface area contributed by atoms with Gasteiger partial charge in [0.1, 0.15) is 0 Å². The molecule has 4 rings (SSSR count). The maximum Gasteiger partial charge on any atom is 0.289 e. The number of para-hydroxylation sites is 1. The molecule has 2 heterocycles. The molecule has 0 N–H and O–H groups in total. The van der Waals surface area contributed by atoms with E-state index in [0.717, 1.165) is 5.39 Å². The first-order valence-electron chi connectivity index (χ1n) is 8.65. The molecule has 3 aromatic rings. The van der Waals surface area contributed by atoms with Crippen molar-refractivity contribution < 1.29 is 22.4 Å². The Bertz CT molecular complexity index is 1090. The van der Waals surface area contributed by atoms with E-state index in [1.807, 2.05) is 12.1 Å². The van der Waals surface area contributed by atoms with Crippen molar-refractivity contribution >= 4 is 26.7 Å². The van der Waals surface area contributed by atoms with Gasteiger partial charge in [-0.25, -0.2) is 8.42 Å². The van der Waals surface area contributed by atoms with Crippen LogP contribution in [-0.2, 0) is 9.84 Å². The minimum absolute atomic E-state index is 0.157. The van der Waals surface area contributed by atoms with Crippen molar-refractivity contribution in [2.45, 2.75) is 16.6 Å². The zero-order chi connectivity index (χ0) is 19.0. The first kappa shape index (κ1) is 17.6. The molecule has 0 aliphatic carbocycles. The number of carbonyl (C=O) groups is 1. The highest BCUT2D eigenvalue weighted by Gasteiger charge is 2.37. The Morgan fingerprint density at radius 3 is 2.67 bits per heavy atom. The summed E-state index contributed by atoms with van der Waals surface area (Å²) in [6, 6.07) is 15.4. The van der Waals surface area contributed by atoms with Crippen molar-refractivity contribution in [1.29, 1.82) is 0 Å². The number of hydrogen-bond donors (Lipinski definition) is 0. The van der Waals surface area contributed by atoms with Crippen LogP contribution in [0.15, 0.2) is 63.9 Å². The van der Waals surface area contributed by atoms with Crippen molar-refractivity contribution in [2.75, 3.05) is 20.2 Å². The highest BCUT2D eigenvalue weighted by atomic mass is 32.2. The van der Waals surface area contributed by atoms with E-state index in [0.29, 0.717) is 24.3 Å². The molecular formula is C20H19NO5S. The Balaban J connectivity index is 1.56. The summed E-state index contributed by atoms with van der Waals surface area (Å²) < 4.78 is 36.5. The summed E-state index contributed by atoms with van der Waals surface area (Å²) in [6.07, 6.45) is 0.409. The Kier molecular flexibility index (Phi) is 4.39. The lowest BCUT2D eigenvalue weighted by Gasteiger charge is -2.15. The van der Waals surface area contributed by atoms with E-state index in [-0.39, 0.29) is 23.1 Å². The van der Waals surface area contributed by atoms with Crippen molar-refractivity contribution in [3.63, 3.8) is 0 Å². The van der Waals surface area contributed by atoms with Crippen LogP contribution in [0, 0.1) is 0 Å². The smallest absolute Gasteiger partial charge is 0.289 e. The Hall–Kier alpha value is -2.80. The molecule has 1 aliphatic heterocycles. The lowest BCUT2D eigenvalue weighted by Crippen LogP contribution is -2.31. The molecule has 1 fully saturated rings. The van der Waals surface area contributed by atoms with Crippen LogP contribution in [-0.4, -0.2) is 44.7 Å². The fraction of sp³-hybridized carbons (Fsp3) is 0.250. The predicted octanol–water partition coefficient (Wildman–Crippen LogP) is 3.13. The third kappa shape index (κ3) is 3.08. The Labute approximate surface area is 157 Å². The monoisotopic (exact) mass is 385 g/mol. The number of amides is 1. The van der Waals surface area contributed by atoms with Gasteiger partial charge >= 0.3 is 0 Å². The number of furan rings is 1. The molecule has 6 nitrogen and oxygen atoms in total. The Morgan fingerprint density at radius 2 is 1.93 bits per heavy atom. The first-order chi connectivity index (χ1) is 13.0. The molecule has 2 aromatic carbocycles. The van der Waals surface area contributed by atoms with E-state index in [1.54, 1.807) is 42.5 Å². The third-order valence-electron chi connectivity index (χ3n) is 4.88. The molecular weight excluding hydrogens is 366 g/mol. The normalized spacial score (nSPS) is 17.4. The second kappa shape index (κ2) is 6.74. The summed E-state index contributed by atoms with van der Waals surface area (Å²) >= 11 is 0. The van der Waals surface area contributed by atoms with Crippen molar-refractivity contribution in [3.8, 4) is 5.75 Å². The molecule has 27 heavy (non-hydrogen) atoms. The number of fused-ring (bicyclic) bond motifs is 1. The van der Waals surface area contributed by atoms with Crippen LogP contribution < -0.4 is 4.74 Å². The van der Waals surface area contributed by atoms with E-state index >= 15 is 0 Å². The van der Waals surface area contributed by atoms with Gasteiger partial charge in [-0.1, -0.05) is 30.3 Å². The van der Waals surface area contributed by atoms with E-state index in [2.05, 4.69) is 0 Å². The minimum Gasteiger partial charge on any atom is -0.493 e. The molecule has 0 unspecified atom stereocenters. The molecule has 1 amide bonds. The average Bonchev–Trinajstić information content (AvgIpc) is 3.35. The molecule has 0 spiro atoms. The van der Waals surface area contributed by atoms with Gasteiger partial charge in [-0.05, 0) is 30.7 Å². The molecule has 1 saturated heterocycles. The van der Waals surface area contributed by atoms with Gasteiger partial charge < -0.3 is 14.1 Å². The van der Waals surface area contributed by atoms with Crippen LogP contribution in [0.1, 0.15) is 17.0 Å². The van der Waals surface area contributed by atoms with E-state index in [4.69, 9.17) is 9.15 Å². The number of sulfone groups is 1. The molecule has 1 aromatic heterocycles. The van der Waals surface area contributed by atoms with Crippen molar-refractivity contribution in [1.82, 2.24) is 4.90 Å². The fourth-order valence-corrected chi connectivity index (χ4v) is 5.14. The molecule has 0 bridgehead atoms. The van der Waals surface area contributed by atoms with Crippen LogP contribution in [0.2, 0.25) is 0 Å². The fourth-order valence-electron chi connectivity index (χ4n) is 3.43. The Morgan fingerprint density at radius 1 is 1.15 bits per heavy atom. The van der Waals surface area contributed by atoms with Crippen molar-refractivity contribution in [3.05, 3.63) is 60.4 Å². The topological polar surface area (TPSA) is 76.8 Å². The van der Waals surface area contributed by atoms with Gasteiger partial charge in [-0.15, -0.1) is 0 Å². The largest absolute Gasteiger partial charge is 0.493 e. The predicted molar refractivity (Wildman–Crippen MR) is 101 cm³/mol. The number of nitrogens with zero attached hydrogens (tertiary/aromatic N) is 1. The SMILES string of the molecule is COc1cccc2cc(C(=O)N3CC[C@H](S(=O)(=O)c4ccccc4)C3)oc12. The van der Waals surface area contributed by atoms with Gasteiger partial charge in [0.2, 0.25) is 0 Å². The zero-order valence-corrected chi connectivity index (χ0v) is 15.6. The van der Waals surface area contributed by atoms with E-state index in [1.165, 1.54) is 12.0 Å². The molecule has 7 heteroatoms. The van der Waals surface area contributed by atoms with Gasteiger partial charge in [0.25, 0.3) is 5.91 Å². The summed E-state index contributed by atoms with van der Waals surface area (Å²) in [7, 11) is -1.93. The maximum atomic E-state index is 12.8. The summed E-state index contributed by atoms with van der Waals surface area (Å²) in [6.45, 7) is 0.536. The van der Waals surface area contributed by atoms with Crippen LogP contribution in [0.5, 0.6) is 5.75 Å². The number of carbonyl (C=O) groups excluding carboxylic acids is 1. The van der Waals surface area contributed by atoms with Crippen molar-refractivity contribution in [2.24, 2.45) is 0 Å². The van der Waals surface area contributed by atoms with Crippen LogP contribution in [0.3, 0.4) is 0 Å². The highest BCUT2D eigenvalue weighted by molar-refractivity contribution is 7.92. The minimum atomic E-state index is -3.47. The van der Waals surface area contributed by atoms with Crippen LogP contribution >= 0.6 is 0 Å². The number of ether oxygens (including phenoxy) is 1. The number of rotatable bonds is 4. The second-order valence-corrected chi connectivity index (χ2v) is 8.74. The van der Waals surface area contributed by atoms with E-state index in [9.17, 15) is 13.2 Å². The quantitative estimate of drug-likeness (QED) is 0.690. The molecule has 0 saturated carbocycles. The number of methoxy groups -OCH3 is 1.